The molecule has 2 heteroatoms. The Hall–Kier alpha value is -0.790. The second-order valence-corrected chi connectivity index (χ2v) is 1.01. The lowest BCUT2D eigenvalue weighted by Crippen LogP contribution is -1.92. The van der Waals surface area contributed by atoms with Gasteiger partial charge < -0.3 is 4.74 Å². The van der Waals surface area contributed by atoms with Crippen molar-refractivity contribution >= 4 is 6.21 Å². The lowest BCUT2D eigenvalue weighted by molar-refractivity contribution is 0.312. The molecular formula is C4H5NO. The highest BCUT2D eigenvalue weighted by Crippen LogP contribution is 1.98. The third kappa shape index (κ3) is 0.302. The van der Waals surface area contributed by atoms with Crippen LogP contribution in [0.2, 0.25) is 0 Å². The van der Waals surface area contributed by atoms with Gasteiger partial charge in [0.2, 0.25) is 0 Å². The average molecular weight is 83.1 g/mol. The Morgan fingerprint density at radius 2 is 2.50 bits per heavy atom. The van der Waals surface area contributed by atoms with Crippen LogP contribution in [-0.4, -0.2) is 13.3 Å². The first-order valence-electron chi connectivity index (χ1n) is 1.71. The van der Waals surface area contributed by atoms with E-state index in [4.69, 9.17) is 4.74 Å². The van der Waals surface area contributed by atoms with Crippen molar-refractivity contribution in [1.29, 1.82) is 0 Å². The van der Waals surface area contributed by atoms with Crippen LogP contribution in [0, 0.1) is 0 Å². The molecule has 6 heavy (non-hydrogen) atoms. The molecule has 0 radical (unpaired) electrons. The maximum absolute atomic E-state index is 4.70. The van der Waals surface area contributed by atoms with E-state index >= 15 is 0 Å². The van der Waals surface area contributed by atoms with E-state index in [9.17, 15) is 0 Å². The summed E-state index contributed by atoms with van der Waals surface area (Å²) >= 11 is 0. The summed E-state index contributed by atoms with van der Waals surface area (Å²) in [6, 6.07) is 0. The van der Waals surface area contributed by atoms with Gasteiger partial charge in [0.05, 0.1) is 19.5 Å². The standard InChI is InChI=1S/C4H5NO/c1-6-4-2-5-3-4/h2-3H,1H3. The molecule has 0 spiro atoms. The topological polar surface area (TPSA) is 21.6 Å². The van der Waals surface area contributed by atoms with Crippen LogP contribution in [0.5, 0.6) is 0 Å². The van der Waals surface area contributed by atoms with E-state index in [1.54, 1.807) is 19.5 Å². The zero-order valence-electron chi connectivity index (χ0n) is 3.51. The fraction of sp³-hybridized carbons (Fsp3) is 0.250. The van der Waals surface area contributed by atoms with Crippen molar-refractivity contribution in [3.05, 3.63) is 12.0 Å². The van der Waals surface area contributed by atoms with Crippen molar-refractivity contribution < 1.29 is 4.74 Å². The van der Waals surface area contributed by atoms with Crippen LogP contribution in [0.1, 0.15) is 0 Å². The molecule has 0 atom stereocenters. The quantitative estimate of drug-likeness (QED) is 0.454. The summed E-state index contributed by atoms with van der Waals surface area (Å²) in [4.78, 5) is 3.66. The summed E-state index contributed by atoms with van der Waals surface area (Å²) in [6.07, 6.45) is 3.33. The second kappa shape index (κ2) is 1.12. The van der Waals surface area contributed by atoms with E-state index in [1.807, 2.05) is 0 Å². The van der Waals surface area contributed by atoms with E-state index < -0.39 is 0 Å². The predicted octanol–water partition coefficient (Wildman–Crippen LogP) is 0.559. The molecule has 0 unspecified atom stereocenters. The molecule has 1 rings (SSSR count). The largest absolute Gasteiger partial charge is 0.494 e. The molecule has 1 heterocycles. The summed E-state index contributed by atoms with van der Waals surface area (Å²) in [6.45, 7) is 0. The fourth-order valence-electron chi connectivity index (χ4n) is 0.241. The number of nitrogens with zero attached hydrogens (tertiary/aromatic N) is 1. The van der Waals surface area contributed by atoms with Gasteiger partial charge in [0, 0.05) is 0 Å². The van der Waals surface area contributed by atoms with E-state index in [-0.39, 0.29) is 0 Å². The van der Waals surface area contributed by atoms with Crippen molar-refractivity contribution in [2.45, 2.75) is 0 Å². The van der Waals surface area contributed by atoms with Gasteiger partial charge in [0.15, 0.2) is 5.76 Å². The smallest absolute Gasteiger partial charge is 0.155 e. The number of rotatable bonds is 1. The van der Waals surface area contributed by atoms with Gasteiger partial charge in [0.25, 0.3) is 0 Å². The molecule has 0 saturated heterocycles. The monoisotopic (exact) mass is 83.0 g/mol. The molecule has 32 valence electrons. The predicted molar refractivity (Wildman–Crippen MR) is 23.6 cm³/mol. The van der Waals surface area contributed by atoms with Crippen molar-refractivity contribution in [2.24, 2.45) is 4.99 Å². The van der Waals surface area contributed by atoms with Crippen molar-refractivity contribution in [1.82, 2.24) is 0 Å². The van der Waals surface area contributed by atoms with E-state index in [0.717, 1.165) is 5.76 Å². The zero-order chi connectivity index (χ0) is 4.41. The molecule has 0 aromatic rings. The maximum Gasteiger partial charge on any atom is 0.155 e. The Labute approximate surface area is 36.1 Å². The van der Waals surface area contributed by atoms with Crippen molar-refractivity contribution in [2.75, 3.05) is 7.11 Å². The van der Waals surface area contributed by atoms with Gasteiger partial charge in [-0.1, -0.05) is 0 Å². The SMILES string of the molecule is COC1=CN=C1. The van der Waals surface area contributed by atoms with Gasteiger partial charge >= 0.3 is 0 Å². The Bertz CT molecular complexity index is 104. The summed E-state index contributed by atoms with van der Waals surface area (Å²) in [7, 11) is 1.62. The van der Waals surface area contributed by atoms with Crippen LogP contribution in [0.25, 0.3) is 0 Å². The first-order valence-corrected chi connectivity index (χ1v) is 1.71. The molecule has 1 aliphatic heterocycles. The van der Waals surface area contributed by atoms with Crippen molar-refractivity contribution in [3.63, 3.8) is 0 Å². The Morgan fingerprint density at radius 3 is 2.50 bits per heavy atom. The zero-order valence-corrected chi connectivity index (χ0v) is 3.51. The maximum atomic E-state index is 4.70. The highest BCUT2D eigenvalue weighted by Gasteiger charge is 1.93. The van der Waals surface area contributed by atoms with Crippen LogP contribution >= 0.6 is 0 Å². The molecule has 2 nitrogen and oxygen atoms in total. The van der Waals surface area contributed by atoms with Crippen LogP contribution in [0.15, 0.2) is 17.0 Å². The van der Waals surface area contributed by atoms with Crippen LogP contribution in [0.3, 0.4) is 0 Å². The molecule has 0 amide bonds. The lowest BCUT2D eigenvalue weighted by atomic mass is 10.5. The highest BCUT2D eigenvalue weighted by molar-refractivity contribution is 5.81. The first-order chi connectivity index (χ1) is 2.93. The molecule has 0 aromatic heterocycles. The molecule has 0 bridgehead atoms. The Morgan fingerprint density at radius 1 is 1.83 bits per heavy atom. The first kappa shape index (κ1) is 3.40. The van der Waals surface area contributed by atoms with Gasteiger partial charge in [-0.15, -0.1) is 0 Å². The molecule has 0 saturated carbocycles. The van der Waals surface area contributed by atoms with Gasteiger partial charge in [-0.05, 0) is 0 Å². The highest BCUT2D eigenvalue weighted by atomic mass is 16.5. The minimum absolute atomic E-state index is 0.856. The number of allylic oxidation sites excluding steroid dienone is 1. The Kier molecular flexibility index (Phi) is 0.638. The third-order valence-electron chi connectivity index (χ3n) is 0.639. The van der Waals surface area contributed by atoms with E-state index in [2.05, 4.69) is 4.99 Å². The van der Waals surface area contributed by atoms with E-state index in [0.29, 0.717) is 0 Å². The molecule has 0 N–H and O–H groups in total. The van der Waals surface area contributed by atoms with Crippen LogP contribution < -0.4 is 0 Å². The molecule has 0 aliphatic carbocycles. The van der Waals surface area contributed by atoms with Crippen molar-refractivity contribution in [3.8, 4) is 0 Å². The van der Waals surface area contributed by atoms with Crippen LogP contribution in [-0.2, 0) is 4.74 Å². The summed E-state index contributed by atoms with van der Waals surface area (Å²) < 4.78 is 4.70. The number of hydrogen-bond acceptors (Lipinski definition) is 2. The van der Waals surface area contributed by atoms with Gasteiger partial charge in [-0.25, -0.2) is 0 Å². The number of methoxy groups -OCH3 is 1. The fourth-order valence-corrected chi connectivity index (χ4v) is 0.241. The van der Waals surface area contributed by atoms with Gasteiger partial charge in [0.1, 0.15) is 0 Å². The summed E-state index contributed by atoms with van der Waals surface area (Å²) in [5.41, 5.74) is 0. The summed E-state index contributed by atoms with van der Waals surface area (Å²) in [5.74, 6) is 0.856. The van der Waals surface area contributed by atoms with Crippen LogP contribution in [0.4, 0.5) is 0 Å². The lowest BCUT2D eigenvalue weighted by Gasteiger charge is -2.00. The Balaban J connectivity index is 2.37. The minimum atomic E-state index is 0.856. The van der Waals surface area contributed by atoms with E-state index in [1.165, 1.54) is 0 Å². The molecule has 1 aliphatic rings. The average Bonchev–Trinajstić information content (AvgIpc) is 1.31. The van der Waals surface area contributed by atoms with Gasteiger partial charge in [-0.3, -0.25) is 4.99 Å². The number of ether oxygens (including phenoxy) is 1. The van der Waals surface area contributed by atoms with Gasteiger partial charge in [-0.2, -0.15) is 0 Å². The third-order valence-corrected chi connectivity index (χ3v) is 0.639. The molecule has 0 aromatic carbocycles. The summed E-state index contributed by atoms with van der Waals surface area (Å²) in [5, 5.41) is 0. The normalized spacial score (nSPS) is 15.8. The molecular weight excluding hydrogens is 78.0 g/mol. The second-order valence-electron chi connectivity index (χ2n) is 1.01. The molecule has 0 fully saturated rings. The number of hydrogen-bond donors (Lipinski definition) is 0. The minimum Gasteiger partial charge on any atom is -0.494 e. The number of aliphatic imine (C=N–C) groups is 1.